The second kappa shape index (κ2) is 5.70. The molecule has 0 bridgehead atoms. The first-order valence-corrected chi connectivity index (χ1v) is 6.85. The molecule has 0 saturated carbocycles. The lowest BCUT2D eigenvalue weighted by molar-refractivity contribution is -0.105. The summed E-state index contributed by atoms with van der Waals surface area (Å²) in [7, 11) is 0. The fraction of sp³-hybridized carbons (Fsp3) is 0.105. The molecular weight excluding hydrogens is 244 g/mol. The first-order valence-electron chi connectivity index (χ1n) is 6.85. The third kappa shape index (κ3) is 2.48. The number of carbonyl (C=O) groups is 1. The van der Waals surface area contributed by atoms with Crippen molar-refractivity contribution in [2.45, 2.75) is 12.3 Å². The average molecular weight is 260 g/mol. The molecule has 0 fully saturated rings. The normalized spacial score (nSPS) is 18.1. The first kappa shape index (κ1) is 12.6. The van der Waals surface area contributed by atoms with Crippen molar-refractivity contribution in [1.29, 1.82) is 0 Å². The number of hydrogen-bond acceptors (Lipinski definition) is 1. The topological polar surface area (TPSA) is 17.1 Å². The highest BCUT2D eigenvalue weighted by Gasteiger charge is 2.21. The second-order valence-corrected chi connectivity index (χ2v) is 5.01. The van der Waals surface area contributed by atoms with Crippen molar-refractivity contribution in [3.05, 3.63) is 89.5 Å². The molecule has 0 N–H and O–H groups in total. The van der Waals surface area contributed by atoms with Crippen LogP contribution in [0.4, 0.5) is 0 Å². The summed E-state index contributed by atoms with van der Waals surface area (Å²) in [6, 6.07) is 20.6. The number of allylic oxidation sites excluding steroid dienone is 4. The van der Waals surface area contributed by atoms with Crippen molar-refractivity contribution in [1.82, 2.24) is 0 Å². The van der Waals surface area contributed by atoms with Gasteiger partial charge in [0.1, 0.15) is 6.29 Å². The maximum atomic E-state index is 11.3. The van der Waals surface area contributed by atoms with Crippen LogP contribution in [-0.4, -0.2) is 6.29 Å². The minimum absolute atomic E-state index is 0.161. The van der Waals surface area contributed by atoms with Crippen LogP contribution in [-0.2, 0) is 4.79 Å². The Morgan fingerprint density at radius 2 is 1.50 bits per heavy atom. The zero-order valence-electron chi connectivity index (χ0n) is 11.2. The molecule has 0 saturated heterocycles. The summed E-state index contributed by atoms with van der Waals surface area (Å²) in [6.45, 7) is 0. The molecular formula is C19H16O. The van der Waals surface area contributed by atoms with Crippen LogP contribution < -0.4 is 0 Å². The lowest BCUT2D eigenvalue weighted by Crippen LogP contribution is -2.08. The van der Waals surface area contributed by atoms with Gasteiger partial charge in [0.15, 0.2) is 0 Å². The van der Waals surface area contributed by atoms with E-state index in [0.29, 0.717) is 0 Å². The van der Waals surface area contributed by atoms with Crippen LogP contribution in [0.5, 0.6) is 0 Å². The van der Waals surface area contributed by atoms with Gasteiger partial charge in [0.25, 0.3) is 0 Å². The van der Waals surface area contributed by atoms with Gasteiger partial charge in [0, 0.05) is 5.92 Å². The molecule has 3 rings (SSSR count). The SMILES string of the molecule is O=CC1=CC=C(c2ccccc2)CC1c1ccccc1. The molecule has 2 aromatic rings. The Bertz CT molecular complexity index is 651. The van der Waals surface area contributed by atoms with E-state index in [1.807, 2.05) is 42.5 Å². The van der Waals surface area contributed by atoms with Crippen LogP contribution in [0.3, 0.4) is 0 Å². The Morgan fingerprint density at radius 3 is 2.15 bits per heavy atom. The molecule has 0 heterocycles. The summed E-state index contributed by atoms with van der Waals surface area (Å²) in [5, 5.41) is 0. The van der Waals surface area contributed by atoms with Crippen LogP contribution in [0.25, 0.3) is 5.57 Å². The van der Waals surface area contributed by atoms with E-state index in [2.05, 4.69) is 30.3 Å². The van der Waals surface area contributed by atoms with Crippen LogP contribution in [0.1, 0.15) is 23.5 Å². The Hall–Kier alpha value is -2.41. The van der Waals surface area contributed by atoms with Gasteiger partial charge in [-0.15, -0.1) is 0 Å². The van der Waals surface area contributed by atoms with E-state index >= 15 is 0 Å². The summed E-state index contributed by atoms with van der Waals surface area (Å²) in [5.41, 5.74) is 4.57. The molecule has 1 nitrogen and oxygen atoms in total. The lowest BCUT2D eigenvalue weighted by Gasteiger charge is -2.23. The van der Waals surface area contributed by atoms with Gasteiger partial charge in [-0.2, -0.15) is 0 Å². The van der Waals surface area contributed by atoms with Crippen LogP contribution in [0.15, 0.2) is 78.4 Å². The van der Waals surface area contributed by atoms with Crippen molar-refractivity contribution in [3.63, 3.8) is 0 Å². The minimum Gasteiger partial charge on any atom is -0.298 e. The second-order valence-electron chi connectivity index (χ2n) is 5.01. The van der Waals surface area contributed by atoms with Gasteiger partial charge in [-0.25, -0.2) is 0 Å². The smallest absolute Gasteiger partial charge is 0.146 e. The van der Waals surface area contributed by atoms with Crippen molar-refractivity contribution < 1.29 is 4.79 Å². The van der Waals surface area contributed by atoms with Crippen molar-refractivity contribution in [2.24, 2.45) is 0 Å². The van der Waals surface area contributed by atoms with Gasteiger partial charge in [0.2, 0.25) is 0 Å². The van der Waals surface area contributed by atoms with Crippen molar-refractivity contribution in [3.8, 4) is 0 Å². The van der Waals surface area contributed by atoms with Gasteiger partial charge in [-0.05, 0) is 28.7 Å². The summed E-state index contributed by atoms with van der Waals surface area (Å²) in [5.74, 6) is 0.161. The highest BCUT2D eigenvalue weighted by atomic mass is 16.1. The summed E-state index contributed by atoms with van der Waals surface area (Å²) < 4.78 is 0. The molecule has 1 atom stereocenters. The van der Waals surface area contributed by atoms with Gasteiger partial charge in [-0.1, -0.05) is 72.8 Å². The molecule has 1 unspecified atom stereocenters. The highest BCUT2D eigenvalue weighted by Crippen LogP contribution is 2.37. The fourth-order valence-electron chi connectivity index (χ4n) is 2.70. The van der Waals surface area contributed by atoms with E-state index in [0.717, 1.165) is 18.3 Å². The molecule has 1 aliphatic carbocycles. The van der Waals surface area contributed by atoms with E-state index in [4.69, 9.17) is 0 Å². The molecule has 20 heavy (non-hydrogen) atoms. The van der Waals surface area contributed by atoms with Crippen LogP contribution in [0.2, 0.25) is 0 Å². The molecule has 0 amide bonds. The molecule has 1 aliphatic rings. The van der Waals surface area contributed by atoms with E-state index in [1.165, 1.54) is 16.7 Å². The summed E-state index contributed by atoms with van der Waals surface area (Å²) >= 11 is 0. The van der Waals surface area contributed by atoms with Crippen molar-refractivity contribution >= 4 is 11.9 Å². The Kier molecular flexibility index (Phi) is 3.60. The zero-order valence-corrected chi connectivity index (χ0v) is 11.2. The third-order valence-corrected chi connectivity index (χ3v) is 3.79. The lowest BCUT2D eigenvalue weighted by atomic mass is 9.81. The predicted molar refractivity (Wildman–Crippen MR) is 82.4 cm³/mol. The molecule has 0 radical (unpaired) electrons. The summed E-state index contributed by atoms with van der Waals surface area (Å²) in [4.78, 5) is 11.3. The van der Waals surface area contributed by atoms with Gasteiger partial charge in [0.05, 0.1) is 0 Å². The van der Waals surface area contributed by atoms with Gasteiger partial charge < -0.3 is 0 Å². The van der Waals surface area contributed by atoms with Crippen LogP contribution >= 0.6 is 0 Å². The number of benzene rings is 2. The number of rotatable bonds is 3. The molecule has 0 aromatic heterocycles. The van der Waals surface area contributed by atoms with E-state index in [9.17, 15) is 4.79 Å². The first-order chi connectivity index (χ1) is 9.88. The van der Waals surface area contributed by atoms with E-state index in [1.54, 1.807) is 0 Å². The average Bonchev–Trinajstić information content (AvgIpc) is 2.56. The Balaban J connectivity index is 1.97. The maximum absolute atomic E-state index is 11.3. The fourth-order valence-corrected chi connectivity index (χ4v) is 2.70. The maximum Gasteiger partial charge on any atom is 0.146 e. The van der Waals surface area contributed by atoms with E-state index < -0.39 is 0 Å². The number of hydrogen-bond donors (Lipinski definition) is 0. The summed E-state index contributed by atoms with van der Waals surface area (Å²) in [6.07, 6.45) is 5.88. The van der Waals surface area contributed by atoms with Crippen LogP contribution in [0, 0.1) is 0 Å². The molecule has 0 spiro atoms. The minimum atomic E-state index is 0.161. The molecule has 2 aromatic carbocycles. The predicted octanol–water partition coefficient (Wildman–Crippen LogP) is 4.38. The highest BCUT2D eigenvalue weighted by molar-refractivity contribution is 5.82. The van der Waals surface area contributed by atoms with Gasteiger partial charge >= 0.3 is 0 Å². The standard InChI is InChI=1S/C19H16O/c20-14-18-12-11-17(15-7-3-1-4-8-15)13-19(18)16-9-5-2-6-10-16/h1-12,14,19H,13H2. The zero-order chi connectivity index (χ0) is 13.8. The Labute approximate surface area is 119 Å². The van der Waals surface area contributed by atoms with E-state index in [-0.39, 0.29) is 5.92 Å². The number of aldehydes is 1. The van der Waals surface area contributed by atoms with Gasteiger partial charge in [-0.3, -0.25) is 4.79 Å². The molecule has 0 aliphatic heterocycles. The Morgan fingerprint density at radius 1 is 0.850 bits per heavy atom. The molecule has 98 valence electrons. The van der Waals surface area contributed by atoms with Crippen molar-refractivity contribution in [2.75, 3.05) is 0 Å². The quantitative estimate of drug-likeness (QED) is 0.748. The monoisotopic (exact) mass is 260 g/mol. The largest absolute Gasteiger partial charge is 0.298 e. The number of carbonyl (C=O) groups excluding carboxylic acids is 1. The third-order valence-electron chi connectivity index (χ3n) is 3.79. The molecule has 1 heteroatoms.